The molecule has 0 bridgehead atoms. The molecule has 1 aromatic carbocycles. The Kier molecular flexibility index (Phi) is 3.56. The molecule has 4 heteroatoms. The fourth-order valence-corrected chi connectivity index (χ4v) is 1.87. The summed E-state index contributed by atoms with van der Waals surface area (Å²) in [7, 11) is 3.98. The molecule has 0 saturated carbocycles. The van der Waals surface area contributed by atoms with Gasteiger partial charge in [0.1, 0.15) is 10.0 Å². The van der Waals surface area contributed by atoms with Crippen molar-refractivity contribution in [2.45, 2.75) is 18.2 Å². The second kappa shape index (κ2) is 4.26. The van der Waals surface area contributed by atoms with Crippen LogP contribution in [0.1, 0.15) is 12.5 Å². The third kappa shape index (κ3) is 2.22. The van der Waals surface area contributed by atoms with E-state index < -0.39 is 10.0 Å². The summed E-state index contributed by atoms with van der Waals surface area (Å²) >= 11 is 5.86. The number of rotatable bonds is 2. The Balaban J connectivity index is 3.13. The first-order valence-corrected chi connectivity index (χ1v) is 5.87. The van der Waals surface area contributed by atoms with Gasteiger partial charge in [0.05, 0.1) is 4.90 Å². The van der Waals surface area contributed by atoms with Crippen molar-refractivity contribution in [1.29, 1.82) is 0 Å². The third-order valence-corrected chi connectivity index (χ3v) is 3.11. The van der Waals surface area contributed by atoms with Crippen LogP contribution in [0.25, 0.3) is 0 Å². The summed E-state index contributed by atoms with van der Waals surface area (Å²) in [6.07, 6.45) is 0.820. The van der Waals surface area contributed by atoms with E-state index in [2.05, 4.69) is 0 Å². The van der Waals surface area contributed by atoms with Crippen molar-refractivity contribution >= 4 is 32.3 Å². The van der Waals surface area contributed by atoms with E-state index in [-0.39, 0.29) is 0 Å². The zero-order valence-corrected chi connectivity index (χ0v) is 8.84. The Morgan fingerprint density at radius 2 is 2.17 bits per heavy atom. The van der Waals surface area contributed by atoms with Gasteiger partial charge in [0, 0.05) is 5.02 Å². The van der Waals surface area contributed by atoms with E-state index in [4.69, 9.17) is 22.3 Å². The molecule has 12 heavy (non-hydrogen) atoms. The molecule has 0 amide bonds. The van der Waals surface area contributed by atoms with Gasteiger partial charge in [-0.1, -0.05) is 18.5 Å². The molecule has 0 aliphatic heterocycles. The van der Waals surface area contributed by atoms with E-state index in [1.165, 1.54) is 0 Å². The maximum absolute atomic E-state index is 10.9. The summed E-state index contributed by atoms with van der Waals surface area (Å²) in [4.78, 5) is 0.609. The van der Waals surface area contributed by atoms with Gasteiger partial charge < -0.3 is 0 Å². The highest BCUT2D eigenvalue weighted by Crippen LogP contribution is 2.20. The fraction of sp³-hybridized carbons (Fsp3) is 0.250. The van der Waals surface area contributed by atoms with E-state index in [1.807, 2.05) is 6.92 Å². The zero-order valence-electron chi connectivity index (χ0n) is 6.51. The van der Waals surface area contributed by atoms with Crippen LogP contribution >= 0.6 is 22.3 Å². The van der Waals surface area contributed by atoms with Crippen LogP contribution in [0.4, 0.5) is 0 Å². The highest BCUT2D eigenvalue weighted by atomic mass is 35.7. The Hall–Kier alpha value is -0.0500. The molecule has 1 unspecified atom stereocenters. The van der Waals surface area contributed by atoms with Gasteiger partial charge in [-0.3, -0.25) is 0 Å². The minimum atomic E-state index is -1.44. The van der Waals surface area contributed by atoms with Crippen molar-refractivity contribution in [2.24, 2.45) is 0 Å². The van der Waals surface area contributed by atoms with Crippen molar-refractivity contribution < 1.29 is 4.21 Å². The highest BCUT2D eigenvalue weighted by Gasteiger charge is 2.03. The lowest BCUT2D eigenvalue weighted by Gasteiger charge is -2.01. The van der Waals surface area contributed by atoms with Crippen molar-refractivity contribution in [3.8, 4) is 0 Å². The maximum Gasteiger partial charge on any atom is 0.147 e. The van der Waals surface area contributed by atoms with Gasteiger partial charge in [0.15, 0.2) is 0 Å². The number of aryl methyl sites for hydroxylation is 1. The molecule has 1 aromatic rings. The van der Waals surface area contributed by atoms with Crippen LogP contribution in [0, 0.1) is 0 Å². The molecule has 0 saturated heterocycles. The number of hydrogen-bond donors (Lipinski definition) is 0. The summed E-state index contributed by atoms with van der Waals surface area (Å²) in [5.74, 6) is 0. The van der Waals surface area contributed by atoms with Gasteiger partial charge in [-0.2, -0.15) is 0 Å². The molecule has 0 N–H and O–H groups in total. The predicted molar refractivity (Wildman–Crippen MR) is 53.1 cm³/mol. The lowest BCUT2D eigenvalue weighted by molar-refractivity contribution is 0.691. The average molecular weight is 223 g/mol. The minimum absolute atomic E-state index is 0.609. The molecule has 1 nitrogen and oxygen atoms in total. The molecule has 0 aromatic heterocycles. The lowest BCUT2D eigenvalue weighted by atomic mass is 10.2. The highest BCUT2D eigenvalue weighted by molar-refractivity contribution is 8.08. The molecule has 0 aliphatic carbocycles. The van der Waals surface area contributed by atoms with Crippen LogP contribution in [0.15, 0.2) is 23.1 Å². The Bertz CT molecular complexity index is 312. The van der Waals surface area contributed by atoms with Crippen LogP contribution < -0.4 is 0 Å². The van der Waals surface area contributed by atoms with Crippen molar-refractivity contribution in [3.63, 3.8) is 0 Å². The van der Waals surface area contributed by atoms with E-state index in [0.717, 1.165) is 12.0 Å². The molecule has 1 rings (SSSR count). The van der Waals surface area contributed by atoms with Crippen molar-refractivity contribution in [3.05, 3.63) is 28.8 Å². The monoisotopic (exact) mass is 222 g/mol. The van der Waals surface area contributed by atoms with Gasteiger partial charge in [0.25, 0.3) is 0 Å². The number of benzene rings is 1. The first kappa shape index (κ1) is 10.0. The molecule has 0 radical (unpaired) electrons. The lowest BCUT2D eigenvalue weighted by Crippen LogP contribution is -1.87. The molecule has 0 heterocycles. The summed E-state index contributed by atoms with van der Waals surface area (Å²) in [6, 6.07) is 5.16. The van der Waals surface area contributed by atoms with Crippen molar-refractivity contribution in [1.82, 2.24) is 0 Å². The average Bonchev–Trinajstić information content (AvgIpc) is 2.05. The van der Waals surface area contributed by atoms with E-state index in [1.54, 1.807) is 18.2 Å². The van der Waals surface area contributed by atoms with Crippen LogP contribution in [0.3, 0.4) is 0 Å². The third-order valence-electron chi connectivity index (χ3n) is 1.58. The normalized spacial score (nSPS) is 12.9. The maximum atomic E-state index is 10.9. The SMILES string of the molecule is CCc1cc(S(=O)Cl)ccc1Cl. The summed E-state index contributed by atoms with van der Waals surface area (Å²) in [5.41, 5.74) is 0.975. The molecular weight excluding hydrogens is 215 g/mol. The standard InChI is InChI=1S/C8H8Cl2OS/c1-2-6-5-7(12(10)11)3-4-8(6)9/h3-5H,2H2,1H3. The Morgan fingerprint density at radius 1 is 1.50 bits per heavy atom. The minimum Gasteiger partial charge on any atom is -0.237 e. The van der Waals surface area contributed by atoms with Gasteiger partial charge in [0.2, 0.25) is 0 Å². The first-order valence-electron chi connectivity index (χ1n) is 3.51. The summed E-state index contributed by atoms with van der Waals surface area (Å²) < 4.78 is 10.9. The van der Waals surface area contributed by atoms with Crippen LogP contribution in [-0.4, -0.2) is 4.21 Å². The van der Waals surface area contributed by atoms with Gasteiger partial charge in [-0.15, -0.1) is 0 Å². The molecule has 0 spiro atoms. The van der Waals surface area contributed by atoms with Gasteiger partial charge in [-0.25, -0.2) is 4.21 Å². The van der Waals surface area contributed by atoms with Gasteiger partial charge in [-0.05, 0) is 40.9 Å². The van der Waals surface area contributed by atoms with Gasteiger partial charge >= 0.3 is 0 Å². The quantitative estimate of drug-likeness (QED) is 0.704. The Morgan fingerprint density at radius 3 is 2.67 bits per heavy atom. The van der Waals surface area contributed by atoms with Crippen LogP contribution in [0.2, 0.25) is 5.02 Å². The smallest absolute Gasteiger partial charge is 0.147 e. The van der Waals surface area contributed by atoms with E-state index in [0.29, 0.717) is 9.92 Å². The molecular formula is C8H8Cl2OS. The first-order chi connectivity index (χ1) is 5.65. The second-order valence-corrected chi connectivity index (χ2v) is 4.50. The summed E-state index contributed by atoms with van der Waals surface area (Å²) in [5, 5.41) is 0.698. The zero-order chi connectivity index (χ0) is 9.14. The predicted octanol–water partition coefficient (Wildman–Crippen LogP) is 3.16. The van der Waals surface area contributed by atoms with E-state index in [9.17, 15) is 4.21 Å². The molecule has 66 valence electrons. The van der Waals surface area contributed by atoms with E-state index >= 15 is 0 Å². The van der Waals surface area contributed by atoms with Crippen molar-refractivity contribution in [2.75, 3.05) is 0 Å². The second-order valence-electron chi connectivity index (χ2n) is 2.33. The topological polar surface area (TPSA) is 17.1 Å². The molecule has 0 aliphatic rings. The largest absolute Gasteiger partial charge is 0.237 e. The van der Waals surface area contributed by atoms with Crippen LogP contribution in [0.5, 0.6) is 0 Å². The van der Waals surface area contributed by atoms with Crippen LogP contribution in [-0.2, 0) is 16.4 Å². The number of hydrogen-bond acceptors (Lipinski definition) is 1. The fourth-order valence-electron chi connectivity index (χ4n) is 0.922. The Labute approximate surface area is 83.6 Å². The molecule has 0 fully saturated rings. The molecule has 1 atom stereocenters. The summed E-state index contributed by atoms with van der Waals surface area (Å²) in [6.45, 7) is 1.99. The number of halogens is 2.